The minimum Gasteiger partial charge on any atom is -0.263 e. The molecule has 0 aliphatic carbocycles. The van der Waals surface area contributed by atoms with Crippen LogP contribution in [0.3, 0.4) is 0 Å². The summed E-state index contributed by atoms with van der Waals surface area (Å²) in [6.45, 7) is 1.01. The number of hydrogen-bond acceptors (Lipinski definition) is 4. The maximum Gasteiger partial charge on any atom is 0.244 e. The Morgan fingerprint density at radius 2 is 2.22 bits per heavy atom. The largest absolute Gasteiger partial charge is 0.263 e. The highest BCUT2D eigenvalue weighted by molar-refractivity contribution is 7.89. The molecule has 0 N–H and O–H groups in total. The zero-order valence-electron chi connectivity index (χ0n) is 9.61. The molecule has 3 rings (SSSR count). The first-order valence-corrected chi connectivity index (χ1v) is 7.95. The molecule has 0 radical (unpaired) electrons. The Morgan fingerprint density at radius 3 is 3.00 bits per heavy atom. The van der Waals surface area contributed by atoms with Gasteiger partial charge in [-0.25, -0.2) is 8.42 Å². The lowest BCUT2D eigenvalue weighted by Gasteiger charge is -2.26. The lowest BCUT2D eigenvalue weighted by Crippen LogP contribution is -2.35. The van der Waals surface area contributed by atoms with Crippen molar-refractivity contribution in [1.82, 2.24) is 9.29 Å². The molecule has 4 nitrogen and oxygen atoms in total. The fraction of sp³-hybridized carbons (Fsp3) is 0.250. The molecule has 0 bridgehead atoms. The summed E-state index contributed by atoms with van der Waals surface area (Å²) in [7, 11) is -3.41. The lowest BCUT2D eigenvalue weighted by molar-refractivity contribution is 0.394. The van der Waals surface area contributed by atoms with Gasteiger partial charge in [-0.2, -0.15) is 4.31 Å². The van der Waals surface area contributed by atoms with E-state index in [1.54, 1.807) is 29.7 Å². The lowest BCUT2D eigenvalue weighted by atomic mass is 10.1. The molecule has 0 saturated heterocycles. The number of nitrogens with zero attached hydrogens (tertiary/aromatic N) is 2. The van der Waals surface area contributed by atoms with E-state index in [1.807, 2.05) is 11.4 Å². The van der Waals surface area contributed by atoms with Gasteiger partial charge in [0, 0.05) is 30.4 Å². The average molecular weight is 280 g/mol. The van der Waals surface area contributed by atoms with Gasteiger partial charge in [0.15, 0.2) is 0 Å². The van der Waals surface area contributed by atoms with Crippen LogP contribution in [0.15, 0.2) is 40.9 Å². The maximum atomic E-state index is 12.4. The highest BCUT2D eigenvalue weighted by Gasteiger charge is 2.28. The zero-order chi connectivity index (χ0) is 12.6. The molecular weight excluding hydrogens is 268 g/mol. The van der Waals surface area contributed by atoms with Crippen LogP contribution < -0.4 is 0 Å². The van der Waals surface area contributed by atoms with Crippen molar-refractivity contribution in [3.63, 3.8) is 0 Å². The standard InChI is InChI=1S/C12H12N2O2S2/c15-18(16,11-2-1-5-13-8-11)14-6-3-12-10(9-14)4-7-17-12/h1-2,4-5,7-8H,3,6,9H2. The number of rotatable bonds is 2. The van der Waals surface area contributed by atoms with Crippen LogP contribution in [0.25, 0.3) is 0 Å². The molecule has 94 valence electrons. The predicted octanol–water partition coefficient (Wildman–Crippen LogP) is 1.89. The van der Waals surface area contributed by atoms with Gasteiger partial charge in [0.2, 0.25) is 10.0 Å². The number of thiophene rings is 1. The quantitative estimate of drug-likeness (QED) is 0.844. The molecule has 0 atom stereocenters. The van der Waals surface area contributed by atoms with Gasteiger partial charge in [0.25, 0.3) is 0 Å². The highest BCUT2D eigenvalue weighted by Crippen LogP contribution is 2.27. The molecule has 3 heterocycles. The van der Waals surface area contributed by atoms with Crippen molar-refractivity contribution in [2.45, 2.75) is 17.9 Å². The predicted molar refractivity (Wildman–Crippen MR) is 69.9 cm³/mol. The van der Waals surface area contributed by atoms with E-state index in [0.717, 1.165) is 12.0 Å². The zero-order valence-corrected chi connectivity index (χ0v) is 11.2. The Morgan fingerprint density at radius 1 is 1.33 bits per heavy atom. The Labute approximate surface area is 110 Å². The third-order valence-electron chi connectivity index (χ3n) is 3.04. The summed E-state index contributed by atoms with van der Waals surface area (Å²) in [4.78, 5) is 5.44. The topological polar surface area (TPSA) is 50.3 Å². The van der Waals surface area contributed by atoms with E-state index in [-0.39, 0.29) is 4.90 Å². The van der Waals surface area contributed by atoms with Gasteiger partial charge in [0.05, 0.1) is 0 Å². The first-order chi connectivity index (χ1) is 8.68. The van der Waals surface area contributed by atoms with Gasteiger partial charge in [-0.15, -0.1) is 11.3 Å². The summed E-state index contributed by atoms with van der Waals surface area (Å²) in [6.07, 6.45) is 3.77. The summed E-state index contributed by atoms with van der Waals surface area (Å²) >= 11 is 1.70. The van der Waals surface area contributed by atoms with Gasteiger partial charge in [-0.05, 0) is 35.6 Å². The number of pyridine rings is 1. The Balaban J connectivity index is 1.93. The van der Waals surface area contributed by atoms with E-state index >= 15 is 0 Å². The van der Waals surface area contributed by atoms with E-state index in [2.05, 4.69) is 4.98 Å². The molecule has 6 heteroatoms. The molecule has 1 aliphatic rings. The maximum absolute atomic E-state index is 12.4. The minimum atomic E-state index is -3.41. The third kappa shape index (κ3) is 1.96. The van der Waals surface area contributed by atoms with E-state index in [1.165, 1.54) is 15.4 Å². The van der Waals surface area contributed by atoms with Crippen molar-refractivity contribution in [3.8, 4) is 0 Å². The van der Waals surface area contributed by atoms with E-state index < -0.39 is 10.0 Å². The monoisotopic (exact) mass is 280 g/mol. The van der Waals surface area contributed by atoms with Crippen LogP contribution in [0.2, 0.25) is 0 Å². The number of aromatic nitrogens is 1. The second kappa shape index (κ2) is 4.46. The molecule has 2 aromatic rings. The van der Waals surface area contributed by atoms with Crippen LogP contribution in [0.4, 0.5) is 0 Å². The normalized spacial score (nSPS) is 16.4. The summed E-state index contributed by atoms with van der Waals surface area (Å²) in [5, 5.41) is 2.02. The van der Waals surface area contributed by atoms with Crippen LogP contribution in [0.1, 0.15) is 10.4 Å². The Kier molecular flexibility index (Phi) is 2.93. The average Bonchev–Trinajstić information content (AvgIpc) is 2.87. The van der Waals surface area contributed by atoms with Crippen LogP contribution in [-0.2, 0) is 23.0 Å². The van der Waals surface area contributed by atoms with E-state index in [4.69, 9.17) is 0 Å². The van der Waals surface area contributed by atoms with E-state index in [9.17, 15) is 8.42 Å². The Bertz CT molecular complexity index is 650. The van der Waals surface area contributed by atoms with Crippen LogP contribution in [0, 0.1) is 0 Å². The molecule has 0 saturated carbocycles. The van der Waals surface area contributed by atoms with E-state index in [0.29, 0.717) is 13.1 Å². The molecule has 18 heavy (non-hydrogen) atoms. The van der Waals surface area contributed by atoms with Gasteiger partial charge in [-0.3, -0.25) is 4.98 Å². The van der Waals surface area contributed by atoms with Crippen molar-refractivity contribution in [1.29, 1.82) is 0 Å². The molecule has 1 aliphatic heterocycles. The van der Waals surface area contributed by atoms with Crippen LogP contribution in [-0.4, -0.2) is 24.3 Å². The molecule has 0 aromatic carbocycles. The summed E-state index contributed by atoms with van der Waals surface area (Å²) < 4.78 is 26.3. The summed E-state index contributed by atoms with van der Waals surface area (Å²) in [6, 6.07) is 5.24. The van der Waals surface area contributed by atoms with Crippen LogP contribution >= 0.6 is 11.3 Å². The summed E-state index contributed by atoms with van der Waals surface area (Å²) in [5.74, 6) is 0. The second-order valence-corrected chi connectivity index (χ2v) is 7.08. The van der Waals surface area contributed by atoms with Crippen molar-refractivity contribution in [2.24, 2.45) is 0 Å². The number of hydrogen-bond donors (Lipinski definition) is 0. The van der Waals surface area contributed by atoms with Crippen molar-refractivity contribution >= 4 is 21.4 Å². The van der Waals surface area contributed by atoms with Gasteiger partial charge >= 0.3 is 0 Å². The molecule has 0 spiro atoms. The Hall–Kier alpha value is -1.24. The summed E-state index contributed by atoms with van der Waals surface area (Å²) in [5.41, 5.74) is 1.12. The van der Waals surface area contributed by atoms with Gasteiger partial charge in [-0.1, -0.05) is 0 Å². The van der Waals surface area contributed by atoms with Crippen molar-refractivity contribution < 1.29 is 8.42 Å². The molecular formula is C12H12N2O2S2. The van der Waals surface area contributed by atoms with Gasteiger partial charge < -0.3 is 0 Å². The number of sulfonamides is 1. The SMILES string of the molecule is O=S(=O)(c1cccnc1)N1CCc2sccc2C1. The fourth-order valence-corrected chi connectivity index (χ4v) is 4.35. The molecule has 0 fully saturated rings. The van der Waals surface area contributed by atoms with Crippen molar-refractivity contribution in [3.05, 3.63) is 46.4 Å². The van der Waals surface area contributed by atoms with Crippen molar-refractivity contribution in [2.75, 3.05) is 6.54 Å². The highest BCUT2D eigenvalue weighted by atomic mass is 32.2. The minimum absolute atomic E-state index is 0.267. The fourth-order valence-electron chi connectivity index (χ4n) is 2.08. The van der Waals surface area contributed by atoms with Gasteiger partial charge in [0.1, 0.15) is 4.90 Å². The first kappa shape index (κ1) is 11.8. The van der Waals surface area contributed by atoms with Crippen LogP contribution in [0.5, 0.6) is 0 Å². The smallest absolute Gasteiger partial charge is 0.244 e. The molecule has 0 unspecified atom stereocenters. The number of fused-ring (bicyclic) bond motifs is 1. The molecule has 2 aromatic heterocycles. The molecule has 0 amide bonds. The third-order valence-corrected chi connectivity index (χ3v) is 5.90. The second-order valence-electron chi connectivity index (χ2n) is 4.15. The first-order valence-electron chi connectivity index (χ1n) is 5.63.